The molecule has 0 aliphatic heterocycles. The summed E-state index contributed by atoms with van der Waals surface area (Å²) in [5, 5.41) is 0. The number of fused-ring (bicyclic) bond motifs is 2. The van der Waals surface area contributed by atoms with Crippen molar-refractivity contribution in [1.29, 1.82) is 0 Å². The van der Waals surface area contributed by atoms with E-state index in [1.54, 1.807) is 0 Å². The zero-order valence-electron chi connectivity index (χ0n) is 35.2. The number of ether oxygens (including phenoxy) is 2. The first-order valence-electron chi connectivity index (χ1n) is 22.4. The monoisotopic (exact) mass is 792 g/mol. The van der Waals surface area contributed by atoms with Crippen LogP contribution in [0.25, 0.3) is 33.4 Å². The third-order valence-electron chi connectivity index (χ3n) is 13.4. The molecule has 0 spiro atoms. The van der Waals surface area contributed by atoms with Gasteiger partial charge in [0.15, 0.2) is 0 Å². The number of carbonyl (C=O) groups is 2. The van der Waals surface area contributed by atoms with Crippen molar-refractivity contribution in [3.63, 3.8) is 0 Å². The zero-order chi connectivity index (χ0) is 41.0. The highest BCUT2D eigenvalue weighted by Crippen LogP contribution is 2.47. The van der Waals surface area contributed by atoms with Gasteiger partial charge < -0.3 is 9.47 Å². The molecule has 0 saturated heterocycles. The van der Waals surface area contributed by atoms with Gasteiger partial charge in [-0.3, -0.25) is 9.59 Å². The van der Waals surface area contributed by atoms with Crippen LogP contribution in [-0.4, -0.2) is 11.9 Å². The van der Waals surface area contributed by atoms with Gasteiger partial charge in [0.1, 0.15) is 11.5 Å². The average Bonchev–Trinajstić information content (AvgIpc) is 3.28. The van der Waals surface area contributed by atoms with E-state index < -0.39 is 0 Å². The Kier molecular flexibility index (Phi) is 11.8. The van der Waals surface area contributed by atoms with Crippen molar-refractivity contribution < 1.29 is 19.1 Å². The number of rotatable bonds is 10. The molecule has 6 aromatic carbocycles. The summed E-state index contributed by atoms with van der Waals surface area (Å²) in [6, 6.07) is 42.2. The van der Waals surface area contributed by atoms with E-state index in [0.29, 0.717) is 17.4 Å². The fourth-order valence-electron chi connectivity index (χ4n) is 9.90. The molecule has 0 N–H and O–H groups in total. The molecule has 1 fully saturated rings. The summed E-state index contributed by atoms with van der Waals surface area (Å²) in [5.41, 5.74) is 15.9. The third-order valence-corrected chi connectivity index (χ3v) is 13.4. The molecule has 4 heteroatoms. The number of benzene rings is 6. The van der Waals surface area contributed by atoms with Gasteiger partial charge in [0, 0.05) is 11.1 Å². The second-order valence-electron chi connectivity index (χ2n) is 17.7. The van der Waals surface area contributed by atoms with E-state index in [9.17, 15) is 9.59 Å². The molecule has 1 saturated carbocycles. The van der Waals surface area contributed by atoms with Crippen LogP contribution in [0.5, 0.6) is 11.5 Å². The molecule has 4 nitrogen and oxygen atoms in total. The van der Waals surface area contributed by atoms with Crippen LogP contribution in [0.15, 0.2) is 121 Å². The van der Waals surface area contributed by atoms with Crippen LogP contribution in [0.1, 0.15) is 109 Å². The molecule has 9 rings (SSSR count). The first-order chi connectivity index (χ1) is 29.3. The Bertz CT molecular complexity index is 2470. The van der Waals surface area contributed by atoms with Crippen molar-refractivity contribution in [2.45, 2.75) is 110 Å². The largest absolute Gasteiger partial charge is 0.426 e. The van der Waals surface area contributed by atoms with E-state index in [2.05, 4.69) is 98.8 Å². The van der Waals surface area contributed by atoms with Crippen LogP contribution >= 0.6 is 0 Å². The van der Waals surface area contributed by atoms with Gasteiger partial charge in [-0.2, -0.15) is 0 Å². The van der Waals surface area contributed by atoms with E-state index in [1.165, 1.54) is 64.6 Å². The molecule has 0 atom stereocenters. The summed E-state index contributed by atoms with van der Waals surface area (Å²) >= 11 is 0. The van der Waals surface area contributed by atoms with Gasteiger partial charge in [-0.05, 0) is 156 Å². The van der Waals surface area contributed by atoms with Crippen LogP contribution in [0.2, 0.25) is 0 Å². The van der Waals surface area contributed by atoms with E-state index in [1.807, 2.05) is 36.4 Å². The number of aryl methyl sites for hydroxylation is 3. The maximum atomic E-state index is 13.9. The van der Waals surface area contributed by atoms with Crippen molar-refractivity contribution >= 4 is 11.9 Å². The first-order valence-corrected chi connectivity index (χ1v) is 22.4. The van der Waals surface area contributed by atoms with E-state index in [0.717, 1.165) is 96.2 Å². The molecule has 0 radical (unpaired) electrons. The molecule has 0 heterocycles. The van der Waals surface area contributed by atoms with Gasteiger partial charge in [0.2, 0.25) is 0 Å². The molecule has 3 aliphatic rings. The summed E-state index contributed by atoms with van der Waals surface area (Å²) in [5.74, 6) is 2.01. The Balaban J connectivity index is 0.952. The topological polar surface area (TPSA) is 52.6 Å². The van der Waals surface area contributed by atoms with Crippen molar-refractivity contribution in [2.75, 3.05) is 0 Å². The fraction of sp³-hybridized carbons (Fsp3) is 0.321. The van der Waals surface area contributed by atoms with Gasteiger partial charge in [-0.15, -0.1) is 0 Å². The van der Waals surface area contributed by atoms with Crippen LogP contribution in [0.4, 0.5) is 0 Å². The minimum absolute atomic E-state index is 0.156. The molecule has 0 amide bonds. The fourth-order valence-corrected chi connectivity index (χ4v) is 9.90. The summed E-state index contributed by atoms with van der Waals surface area (Å²) in [6.45, 7) is 4.46. The normalized spacial score (nSPS) is 17.3. The van der Waals surface area contributed by atoms with Crippen LogP contribution in [0.3, 0.4) is 0 Å². The number of hydrogen-bond acceptors (Lipinski definition) is 4. The van der Waals surface area contributed by atoms with Crippen molar-refractivity contribution in [2.24, 2.45) is 5.92 Å². The second kappa shape index (κ2) is 17.9. The molecule has 0 bridgehead atoms. The Morgan fingerprint density at radius 3 is 1.33 bits per heavy atom. The lowest BCUT2D eigenvalue weighted by molar-refractivity contribution is -0.134. The van der Waals surface area contributed by atoms with Crippen molar-refractivity contribution in [3.8, 4) is 44.9 Å². The molecule has 0 aromatic heterocycles. The lowest BCUT2D eigenvalue weighted by atomic mass is 9.79. The van der Waals surface area contributed by atoms with Crippen LogP contribution in [0, 0.1) is 12.8 Å². The van der Waals surface area contributed by atoms with Gasteiger partial charge in [0.05, 0.1) is 12.8 Å². The highest BCUT2D eigenvalue weighted by molar-refractivity contribution is 5.88. The highest BCUT2D eigenvalue weighted by Gasteiger charge is 2.28. The maximum absolute atomic E-state index is 13.9. The molecule has 3 aliphatic carbocycles. The quantitative estimate of drug-likeness (QED) is 0.102. The second-order valence-corrected chi connectivity index (χ2v) is 17.7. The molecular formula is C56H56O4. The number of esters is 2. The molecule has 304 valence electrons. The summed E-state index contributed by atoms with van der Waals surface area (Å²) in [7, 11) is 0. The minimum Gasteiger partial charge on any atom is -0.426 e. The van der Waals surface area contributed by atoms with Gasteiger partial charge >= 0.3 is 11.9 Å². The van der Waals surface area contributed by atoms with E-state index in [4.69, 9.17) is 9.47 Å². The lowest BCUT2D eigenvalue weighted by Gasteiger charge is -2.27. The minimum atomic E-state index is -0.309. The van der Waals surface area contributed by atoms with E-state index >= 15 is 0 Å². The Labute approximate surface area is 356 Å². The third kappa shape index (κ3) is 8.89. The predicted molar refractivity (Wildman–Crippen MR) is 243 cm³/mol. The molecule has 60 heavy (non-hydrogen) atoms. The summed E-state index contributed by atoms with van der Waals surface area (Å²) in [4.78, 5) is 27.7. The van der Waals surface area contributed by atoms with Gasteiger partial charge in [0.25, 0.3) is 0 Å². The van der Waals surface area contributed by atoms with E-state index in [-0.39, 0.29) is 24.8 Å². The van der Waals surface area contributed by atoms with Crippen molar-refractivity contribution in [1.82, 2.24) is 0 Å². The molecular weight excluding hydrogens is 737 g/mol. The van der Waals surface area contributed by atoms with Crippen LogP contribution < -0.4 is 9.47 Å². The summed E-state index contributed by atoms with van der Waals surface area (Å²) < 4.78 is 12.7. The standard InChI is InChI=1S/C56H56O4/c1-37-11-19-41(20-12-37)43-23-15-39(16-24-43)35-53(57)59-51-33-31-47-7-3-5-9-49(47)55(51)56-50-10-6-4-8-48(50)32-34-52(56)60-54(58)36-40-17-25-44(26-18-40)46-29-27-45(28-30-46)42-21-13-38(2)14-22-42/h11-12,15-20,23-34,38,42H,3-10,13-14,21-22,35-36H2,1-2H3. The van der Waals surface area contributed by atoms with Gasteiger partial charge in [-0.1, -0.05) is 135 Å². The Hall–Kier alpha value is -5.74. The smallest absolute Gasteiger partial charge is 0.315 e. The Morgan fingerprint density at radius 2 is 0.883 bits per heavy atom. The van der Waals surface area contributed by atoms with Crippen LogP contribution in [-0.2, 0) is 48.1 Å². The highest BCUT2D eigenvalue weighted by atomic mass is 16.5. The zero-order valence-corrected chi connectivity index (χ0v) is 35.2. The predicted octanol–water partition coefficient (Wildman–Crippen LogP) is 13.3. The first kappa shape index (κ1) is 39.7. The average molecular weight is 793 g/mol. The maximum Gasteiger partial charge on any atom is 0.315 e. The van der Waals surface area contributed by atoms with Gasteiger partial charge in [-0.25, -0.2) is 0 Å². The Morgan fingerprint density at radius 1 is 0.483 bits per heavy atom. The number of carbonyl (C=O) groups excluding carboxylic acids is 2. The SMILES string of the molecule is Cc1ccc(-c2ccc(CC(=O)Oc3ccc4c(c3-c3c(OC(=O)Cc5ccc(-c6ccc(C7CCC(C)CC7)cc6)cc5)ccc5c3CCCC5)CCCC4)cc2)cc1. The lowest BCUT2D eigenvalue weighted by Crippen LogP contribution is -2.17. The number of hydrogen-bond donors (Lipinski definition) is 0. The molecule has 6 aromatic rings. The molecule has 0 unspecified atom stereocenters. The summed E-state index contributed by atoms with van der Waals surface area (Å²) in [6.07, 6.45) is 13.7. The van der Waals surface area contributed by atoms with Crippen molar-refractivity contribution in [3.05, 3.63) is 166 Å².